The summed E-state index contributed by atoms with van der Waals surface area (Å²) in [6.45, 7) is 3.82. The van der Waals surface area contributed by atoms with Crippen molar-refractivity contribution in [2.24, 2.45) is 0 Å². The summed E-state index contributed by atoms with van der Waals surface area (Å²) in [5.41, 5.74) is 2.57. The Morgan fingerprint density at radius 2 is 1.93 bits per heavy atom. The normalized spacial score (nSPS) is 14.2. The lowest BCUT2D eigenvalue weighted by molar-refractivity contribution is -0.117. The molecule has 0 spiro atoms. The summed E-state index contributed by atoms with van der Waals surface area (Å²) >= 11 is 0. The van der Waals surface area contributed by atoms with E-state index in [9.17, 15) is 9.18 Å². The molecule has 1 aliphatic rings. The van der Waals surface area contributed by atoms with Crippen molar-refractivity contribution in [3.63, 3.8) is 0 Å². The minimum atomic E-state index is -0.325. The molecule has 1 heterocycles. The third kappa shape index (κ3) is 5.43. The van der Waals surface area contributed by atoms with Gasteiger partial charge in [-0.15, -0.1) is 0 Å². The first kappa shape index (κ1) is 20.1. The monoisotopic (exact) mass is 387 g/mol. The molecule has 0 saturated carbocycles. The summed E-state index contributed by atoms with van der Waals surface area (Å²) < 4.78 is 24.1. The molecule has 1 fully saturated rings. The molecular weight excluding hydrogens is 361 g/mol. The smallest absolute Gasteiger partial charge is 0.238 e. The Hall–Kier alpha value is -2.64. The van der Waals surface area contributed by atoms with E-state index in [-0.39, 0.29) is 18.3 Å². The summed E-state index contributed by atoms with van der Waals surface area (Å²) in [4.78, 5) is 16.4. The van der Waals surface area contributed by atoms with Crippen molar-refractivity contribution in [2.75, 3.05) is 57.2 Å². The van der Waals surface area contributed by atoms with Crippen molar-refractivity contribution >= 4 is 17.3 Å². The van der Waals surface area contributed by atoms with Crippen LogP contribution in [0.4, 0.5) is 15.8 Å². The van der Waals surface area contributed by atoms with E-state index >= 15 is 0 Å². The first-order chi connectivity index (χ1) is 13.5. The van der Waals surface area contributed by atoms with Crippen LogP contribution in [0, 0.1) is 5.82 Å². The molecule has 0 aliphatic carbocycles. The SMILES string of the molecule is COc1ccc(F)cc1CN(C)CC(=O)Nc1ccc(N2CCOCC2)cc1. The Labute approximate surface area is 164 Å². The topological polar surface area (TPSA) is 54.0 Å². The van der Waals surface area contributed by atoms with Crippen molar-refractivity contribution in [3.05, 3.63) is 53.8 Å². The van der Waals surface area contributed by atoms with Gasteiger partial charge in [0.05, 0.1) is 26.9 Å². The molecule has 0 radical (unpaired) electrons. The van der Waals surface area contributed by atoms with Crippen LogP contribution in [0.15, 0.2) is 42.5 Å². The summed E-state index contributed by atoms with van der Waals surface area (Å²) in [7, 11) is 3.36. The van der Waals surface area contributed by atoms with E-state index < -0.39 is 0 Å². The minimum absolute atomic E-state index is 0.128. The summed E-state index contributed by atoms with van der Waals surface area (Å²) in [5, 5.41) is 2.90. The van der Waals surface area contributed by atoms with Crippen LogP contribution in [-0.4, -0.2) is 57.8 Å². The number of hydrogen-bond donors (Lipinski definition) is 1. The average molecular weight is 387 g/mol. The number of methoxy groups -OCH3 is 1. The van der Waals surface area contributed by atoms with Gasteiger partial charge in [-0.2, -0.15) is 0 Å². The number of nitrogens with one attached hydrogen (secondary N) is 1. The van der Waals surface area contributed by atoms with Crippen LogP contribution in [0.5, 0.6) is 5.75 Å². The molecular formula is C21H26FN3O3. The Kier molecular flexibility index (Phi) is 6.84. The van der Waals surface area contributed by atoms with Crippen LogP contribution in [0.2, 0.25) is 0 Å². The number of likely N-dealkylation sites (N-methyl/N-ethyl adjacent to an activating group) is 1. The second-order valence-corrected chi connectivity index (χ2v) is 6.82. The molecule has 0 aromatic heterocycles. The summed E-state index contributed by atoms with van der Waals surface area (Å²) in [6, 6.07) is 12.2. The molecule has 1 amide bonds. The van der Waals surface area contributed by atoms with Crippen LogP contribution in [0.3, 0.4) is 0 Å². The van der Waals surface area contributed by atoms with Gasteiger partial charge in [0.25, 0.3) is 0 Å². The van der Waals surface area contributed by atoms with Gasteiger partial charge in [-0.05, 0) is 49.5 Å². The lowest BCUT2D eigenvalue weighted by Gasteiger charge is -2.28. The summed E-state index contributed by atoms with van der Waals surface area (Å²) in [5.74, 6) is 0.151. The largest absolute Gasteiger partial charge is 0.496 e. The Bertz CT molecular complexity index is 792. The molecule has 2 aromatic carbocycles. The molecule has 150 valence electrons. The van der Waals surface area contributed by atoms with E-state index in [2.05, 4.69) is 10.2 Å². The number of morpholine rings is 1. The van der Waals surface area contributed by atoms with Crippen molar-refractivity contribution in [1.82, 2.24) is 4.90 Å². The number of hydrogen-bond acceptors (Lipinski definition) is 5. The highest BCUT2D eigenvalue weighted by Gasteiger charge is 2.13. The van der Waals surface area contributed by atoms with Crippen LogP contribution in [0.1, 0.15) is 5.56 Å². The predicted molar refractivity (Wildman–Crippen MR) is 107 cm³/mol. The van der Waals surface area contributed by atoms with Gasteiger partial charge in [0.1, 0.15) is 11.6 Å². The van der Waals surface area contributed by atoms with E-state index in [1.54, 1.807) is 13.2 Å². The number of rotatable bonds is 7. The average Bonchev–Trinajstić information content (AvgIpc) is 2.69. The van der Waals surface area contributed by atoms with E-state index in [1.807, 2.05) is 36.2 Å². The van der Waals surface area contributed by atoms with Gasteiger partial charge in [-0.1, -0.05) is 0 Å². The van der Waals surface area contributed by atoms with Crippen LogP contribution in [0.25, 0.3) is 0 Å². The standard InChI is InChI=1S/C21H26FN3O3/c1-24(14-16-13-17(22)3-8-20(16)27-2)15-21(26)23-18-4-6-19(7-5-18)25-9-11-28-12-10-25/h3-8,13H,9-12,14-15H2,1-2H3,(H,23,26). The highest BCUT2D eigenvalue weighted by Crippen LogP contribution is 2.21. The number of amides is 1. The van der Waals surface area contributed by atoms with Gasteiger partial charge >= 0.3 is 0 Å². The van der Waals surface area contributed by atoms with E-state index in [0.717, 1.165) is 37.7 Å². The zero-order chi connectivity index (χ0) is 19.9. The lowest BCUT2D eigenvalue weighted by Crippen LogP contribution is -2.36. The fourth-order valence-electron chi connectivity index (χ4n) is 3.24. The van der Waals surface area contributed by atoms with Gasteiger partial charge in [0.2, 0.25) is 5.91 Å². The maximum Gasteiger partial charge on any atom is 0.238 e. The number of anilines is 2. The van der Waals surface area contributed by atoms with Gasteiger partial charge in [-0.3, -0.25) is 9.69 Å². The number of ether oxygens (including phenoxy) is 2. The molecule has 6 nitrogen and oxygen atoms in total. The first-order valence-corrected chi connectivity index (χ1v) is 9.29. The molecule has 28 heavy (non-hydrogen) atoms. The van der Waals surface area contributed by atoms with Gasteiger partial charge in [-0.25, -0.2) is 4.39 Å². The highest BCUT2D eigenvalue weighted by molar-refractivity contribution is 5.92. The number of benzene rings is 2. The van der Waals surface area contributed by atoms with Crippen molar-refractivity contribution in [3.8, 4) is 5.75 Å². The number of carbonyl (C=O) groups is 1. The molecule has 0 bridgehead atoms. The fraction of sp³-hybridized carbons (Fsp3) is 0.381. The van der Waals surface area contributed by atoms with Crippen molar-refractivity contribution in [1.29, 1.82) is 0 Å². The highest BCUT2D eigenvalue weighted by atomic mass is 19.1. The zero-order valence-electron chi connectivity index (χ0n) is 16.3. The van der Waals surface area contributed by atoms with Gasteiger partial charge in [0, 0.05) is 36.6 Å². The predicted octanol–water partition coefficient (Wildman–Crippen LogP) is 2.74. The van der Waals surface area contributed by atoms with E-state index in [1.165, 1.54) is 12.1 Å². The molecule has 1 N–H and O–H groups in total. The molecule has 1 saturated heterocycles. The maximum absolute atomic E-state index is 13.5. The second-order valence-electron chi connectivity index (χ2n) is 6.82. The molecule has 1 aliphatic heterocycles. The Balaban J connectivity index is 1.52. The van der Waals surface area contributed by atoms with Crippen molar-refractivity contribution in [2.45, 2.75) is 6.54 Å². The maximum atomic E-state index is 13.5. The van der Waals surface area contributed by atoms with Crippen LogP contribution >= 0.6 is 0 Å². The first-order valence-electron chi connectivity index (χ1n) is 9.29. The Morgan fingerprint density at radius 1 is 1.21 bits per heavy atom. The quantitative estimate of drug-likeness (QED) is 0.792. The zero-order valence-corrected chi connectivity index (χ0v) is 16.3. The van der Waals surface area contributed by atoms with E-state index in [0.29, 0.717) is 17.9 Å². The fourth-order valence-corrected chi connectivity index (χ4v) is 3.24. The molecule has 7 heteroatoms. The second kappa shape index (κ2) is 9.52. The number of carbonyl (C=O) groups excluding carboxylic acids is 1. The lowest BCUT2D eigenvalue weighted by atomic mass is 10.2. The van der Waals surface area contributed by atoms with Crippen LogP contribution < -0.4 is 15.0 Å². The number of halogens is 1. The molecule has 0 unspecified atom stereocenters. The molecule has 0 atom stereocenters. The minimum Gasteiger partial charge on any atom is -0.496 e. The number of nitrogens with zero attached hydrogens (tertiary/aromatic N) is 2. The third-order valence-electron chi connectivity index (χ3n) is 4.62. The van der Waals surface area contributed by atoms with Crippen molar-refractivity contribution < 1.29 is 18.7 Å². The summed E-state index contributed by atoms with van der Waals surface area (Å²) in [6.07, 6.45) is 0. The Morgan fingerprint density at radius 3 is 2.61 bits per heavy atom. The third-order valence-corrected chi connectivity index (χ3v) is 4.62. The van der Waals surface area contributed by atoms with E-state index in [4.69, 9.17) is 9.47 Å². The van der Waals surface area contributed by atoms with Crippen LogP contribution in [-0.2, 0) is 16.1 Å². The molecule has 2 aromatic rings. The van der Waals surface area contributed by atoms with Gasteiger partial charge < -0.3 is 19.7 Å². The van der Waals surface area contributed by atoms with Gasteiger partial charge in [0.15, 0.2) is 0 Å². The molecule has 3 rings (SSSR count).